The fourth-order valence-corrected chi connectivity index (χ4v) is 3.57. The van der Waals surface area contributed by atoms with Crippen molar-refractivity contribution in [2.24, 2.45) is 5.92 Å². The number of nitro groups is 1. The van der Waals surface area contributed by atoms with Crippen LogP contribution < -0.4 is 5.32 Å². The van der Waals surface area contributed by atoms with Crippen LogP contribution in [0.3, 0.4) is 0 Å². The van der Waals surface area contributed by atoms with Gasteiger partial charge in [0.1, 0.15) is 5.69 Å². The van der Waals surface area contributed by atoms with Crippen molar-refractivity contribution in [3.8, 4) is 0 Å². The van der Waals surface area contributed by atoms with E-state index in [1.165, 1.54) is 32.1 Å². The molecule has 1 saturated carbocycles. The minimum atomic E-state index is -0.287. The molecule has 1 aliphatic carbocycles. The molecule has 1 fully saturated rings. The van der Waals surface area contributed by atoms with Gasteiger partial charge in [0.15, 0.2) is 0 Å². The maximum Gasteiger partial charge on any atom is 0.292 e. The Bertz CT molecular complexity index is 481. The van der Waals surface area contributed by atoms with Crippen LogP contribution in [-0.2, 0) is 0 Å². The lowest BCUT2D eigenvalue weighted by molar-refractivity contribution is -0.383. The minimum Gasteiger partial charge on any atom is -0.379 e. The maximum absolute atomic E-state index is 11.0. The van der Waals surface area contributed by atoms with E-state index < -0.39 is 0 Å². The van der Waals surface area contributed by atoms with E-state index >= 15 is 0 Å². The summed E-state index contributed by atoms with van der Waals surface area (Å²) >= 11 is 0. The van der Waals surface area contributed by atoms with Crippen LogP contribution in [0.25, 0.3) is 0 Å². The molecule has 1 heterocycles. The van der Waals surface area contributed by atoms with Gasteiger partial charge in [0.2, 0.25) is 0 Å². The van der Waals surface area contributed by atoms with Crippen LogP contribution >= 0.6 is 0 Å². The Balaban J connectivity index is 1.71. The summed E-state index contributed by atoms with van der Waals surface area (Å²) in [6, 6.07) is 5.44. The molecule has 2 aliphatic rings. The molecule has 0 spiro atoms. The van der Waals surface area contributed by atoms with Crippen LogP contribution in [0.4, 0.5) is 11.4 Å². The summed E-state index contributed by atoms with van der Waals surface area (Å²) in [5, 5.41) is 14.2. The highest BCUT2D eigenvalue weighted by atomic mass is 16.6. The summed E-state index contributed by atoms with van der Waals surface area (Å²) in [6.45, 7) is 0.854. The lowest BCUT2D eigenvalue weighted by Crippen LogP contribution is -2.04. The number of benzene rings is 1. The molecule has 0 saturated heterocycles. The quantitative estimate of drug-likeness (QED) is 0.655. The highest BCUT2D eigenvalue weighted by Crippen LogP contribution is 2.41. The molecule has 19 heavy (non-hydrogen) atoms. The average Bonchev–Trinajstić information content (AvgIpc) is 3.05. The largest absolute Gasteiger partial charge is 0.379 e. The van der Waals surface area contributed by atoms with E-state index in [1.54, 1.807) is 6.07 Å². The lowest BCUT2D eigenvalue weighted by atomic mass is 9.91. The minimum absolute atomic E-state index is 0.223. The van der Waals surface area contributed by atoms with Crippen LogP contribution in [0, 0.1) is 16.0 Å². The van der Waals surface area contributed by atoms with Gasteiger partial charge in [-0.25, -0.2) is 0 Å². The van der Waals surface area contributed by atoms with Crippen molar-refractivity contribution in [2.45, 2.75) is 44.4 Å². The molecule has 0 radical (unpaired) electrons. The van der Waals surface area contributed by atoms with Crippen molar-refractivity contribution < 1.29 is 4.92 Å². The second-order valence-corrected chi connectivity index (χ2v) is 5.80. The standard InChI is InChI=1S/C15H20N2O2/c18-17(19)14-7-3-6-13-12(10-16-15(13)14)9-8-11-4-1-2-5-11/h3,6-7,11-12,16H,1-2,4-5,8-10H2. The number of nitrogens with one attached hydrogen (secondary N) is 1. The molecule has 0 bridgehead atoms. The lowest BCUT2D eigenvalue weighted by Gasteiger charge is -2.13. The van der Waals surface area contributed by atoms with Gasteiger partial charge in [-0.1, -0.05) is 37.8 Å². The summed E-state index contributed by atoms with van der Waals surface area (Å²) in [6.07, 6.45) is 7.95. The predicted molar refractivity (Wildman–Crippen MR) is 75.5 cm³/mol. The molecule has 3 rings (SSSR count). The van der Waals surface area contributed by atoms with Crippen LogP contribution in [0.2, 0.25) is 0 Å². The fourth-order valence-electron chi connectivity index (χ4n) is 3.57. The highest BCUT2D eigenvalue weighted by Gasteiger charge is 2.29. The molecule has 1 aliphatic heterocycles. The summed E-state index contributed by atoms with van der Waals surface area (Å²) in [5.74, 6) is 1.35. The van der Waals surface area contributed by atoms with Crippen LogP contribution in [0.1, 0.15) is 50.0 Å². The smallest absolute Gasteiger partial charge is 0.292 e. The number of anilines is 1. The molecular formula is C15H20N2O2. The molecular weight excluding hydrogens is 240 g/mol. The Hall–Kier alpha value is -1.58. The molecule has 102 valence electrons. The van der Waals surface area contributed by atoms with Crippen molar-refractivity contribution in [1.29, 1.82) is 0 Å². The second-order valence-electron chi connectivity index (χ2n) is 5.80. The first-order valence-electron chi connectivity index (χ1n) is 7.27. The fraction of sp³-hybridized carbons (Fsp3) is 0.600. The normalized spacial score (nSPS) is 22.2. The summed E-state index contributed by atoms with van der Waals surface area (Å²) in [5.41, 5.74) is 2.12. The van der Waals surface area contributed by atoms with E-state index in [0.29, 0.717) is 5.92 Å². The zero-order valence-electron chi connectivity index (χ0n) is 11.1. The molecule has 1 aromatic rings. The SMILES string of the molecule is O=[N+]([O-])c1cccc2c1NCC2CCC1CCCC1. The molecule has 1 N–H and O–H groups in total. The van der Waals surface area contributed by atoms with Gasteiger partial charge in [0.25, 0.3) is 5.69 Å². The number of para-hydroxylation sites is 1. The average molecular weight is 260 g/mol. The third kappa shape index (κ3) is 2.44. The zero-order chi connectivity index (χ0) is 13.2. The van der Waals surface area contributed by atoms with E-state index in [2.05, 4.69) is 5.32 Å². The molecule has 0 amide bonds. The summed E-state index contributed by atoms with van der Waals surface area (Å²) < 4.78 is 0. The van der Waals surface area contributed by atoms with Crippen LogP contribution in [0.15, 0.2) is 18.2 Å². The maximum atomic E-state index is 11.0. The molecule has 1 unspecified atom stereocenters. The Morgan fingerprint density at radius 1 is 1.26 bits per heavy atom. The van der Waals surface area contributed by atoms with E-state index in [4.69, 9.17) is 0 Å². The Labute approximate surface area is 113 Å². The van der Waals surface area contributed by atoms with Gasteiger partial charge in [-0.2, -0.15) is 0 Å². The van der Waals surface area contributed by atoms with E-state index in [0.717, 1.165) is 30.1 Å². The predicted octanol–water partition coefficient (Wildman–Crippen LogP) is 4.07. The van der Waals surface area contributed by atoms with Gasteiger partial charge in [0.05, 0.1) is 4.92 Å². The molecule has 4 nitrogen and oxygen atoms in total. The Morgan fingerprint density at radius 3 is 2.79 bits per heavy atom. The third-order valence-corrected chi connectivity index (χ3v) is 4.63. The zero-order valence-corrected chi connectivity index (χ0v) is 11.1. The van der Waals surface area contributed by atoms with Gasteiger partial charge >= 0.3 is 0 Å². The second kappa shape index (κ2) is 5.19. The number of rotatable bonds is 4. The molecule has 1 atom stereocenters. The van der Waals surface area contributed by atoms with E-state index in [9.17, 15) is 10.1 Å². The van der Waals surface area contributed by atoms with Crippen molar-refractivity contribution >= 4 is 11.4 Å². The Kier molecular flexibility index (Phi) is 3.40. The highest BCUT2D eigenvalue weighted by molar-refractivity contribution is 5.70. The number of hydrogen-bond donors (Lipinski definition) is 1. The van der Waals surface area contributed by atoms with Gasteiger partial charge < -0.3 is 5.32 Å². The van der Waals surface area contributed by atoms with Crippen molar-refractivity contribution in [2.75, 3.05) is 11.9 Å². The van der Waals surface area contributed by atoms with Gasteiger partial charge in [-0.05, 0) is 24.3 Å². The van der Waals surface area contributed by atoms with Gasteiger partial charge in [-0.15, -0.1) is 0 Å². The first-order chi connectivity index (χ1) is 9.25. The van der Waals surface area contributed by atoms with Gasteiger partial charge in [-0.3, -0.25) is 10.1 Å². The Morgan fingerprint density at radius 2 is 2.05 bits per heavy atom. The number of fused-ring (bicyclic) bond motifs is 1. The topological polar surface area (TPSA) is 55.2 Å². The monoisotopic (exact) mass is 260 g/mol. The third-order valence-electron chi connectivity index (χ3n) is 4.63. The molecule has 1 aromatic carbocycles. The van der Waals surface area contributed by atoms with Crippen LogP contribution in [-0.4, -0.2) is 11.5 Å². The van der Waals surface area contributed by atoms with Crippen LogP contribution in [0.5, 0.6) is 0 Å². The molecule has 4 heteroatoms. The van der Waals surface area contributed by atoms with Crippen molar-refractivity contribution in [3.63, 3.8) is 0 Å². The number of nitrogens with zero attached hydrogens (tertiary/aromatic N) is 1. The number of nitro benzene ring substituents is 1. The van der Waals surface area contributed by atoms with E-state index in [-0.39, 0.29) is 10.6 Å². The van der Waals surface area contributed by atoms with Crippen molar-refractivity contribution in [1.82, 2.24) is 0 Å². The van der Waals surface area contributed by atoms with Crippen molar-refractivity contribution in [3.05, 3.63) is 33.9 Å². The number of hydrogen-bond acceptors (Lipinski definition) is 3. The first-order valence-corrected chi connectivity index (χ1v) is 7.27. The summed E-state index contributed by atoms with van der Waals surface area (Å²) in [7, 11) is 0. The molecule has 0 aromatic heterocycles. The van der Waals surface area contributed by atoms with E-state index in [1.807, 2.05) is 12.1 Å². The first kappa shape index (κ1) is 12.5. The summed E-state index contributed by atoms with van der Waals surface area (Å²) in [4.78, 5) is 10.7. The van der Waals surface area contributed by atoms with Gasteiger partial charge in [0, 0.05) is 18.5 Å².